The topological polar surface area (TPSA) is 52.6 Å². The quantitative estimate of drug-likeness (QED) is 0.508. The van der Waals surface area contributed by atoms with Gasteiger partial charge in [0.25, 0.3) is 0 Å². The van der Waals surface area contributed by atoms with Gasteiger partial charge in [0.2, 0.25) is 0 Å². The highest BCUT2D eigenvalue weighted by molar-refractivity contribution is 5.66. The van der Waals surface area contributed by atoms with Crippen molar-refractivity contribution < 1.29 is 19.1 Å². The fourth-order valence-electron chi connectivity index (χ4n) is 6.07. The van der Waals surface area contributed by atoms with Crippen LogP contribution in [-0.4, -0.2) is 24.6 Å². The Bertz CT molecular complexity index is 583. The second-order valence-corrected chi connectivity index (χ2v) is 9.52. The Morgan fingerprint density at radius 3 is 2.56 bits per heavy atom. The molecule has 2 bridgehead atoms. The molecule has 0 aromatic rings. The SMILES string of the molecule is C=C1CC[C@H]2CC([C@@]3(C)CC[C@H](OC(C)=O)C[C@@H]3COC(C)=O)CC[C@@H]1C2. The van der Waals surface area contributed by atoms with Crippen LogP contribution in [0.3, 0.4) is 0 Å². The second kappa shape index (κ2) is 8.36. The van der Waals surface area contributed by atoms with Gasteiger partial charge < -0.3 is 9.47 Å². The predicted molar refractivity (Wildman–Crippen MR) is 105 cm³/mol. The van der Waals surface area contributed by atoms with Gasteiger partial charge in [0.05, 0.1) is 6.61 Å². The van der Waals surface area contributed by atoms with Crippen molar-refractivity contribution in [3.8, 4) is 0 Å². The van der Waals surface area contributed by atoms with Gasteiger partial charge in [0.1, 0.15) is 6.10 Å². The molecule has 3 aliphatic carbocycles. The van der Waals surface area contributed by atoms with Crippen molar-refractivity contribution in [1.82, 2.24) is 0 Å². The summed E-state index contributed by atoms with van der Waals surface area (Å²) in [5.41, 5.74) is 1.61. The lowest BCUT2D eigenvalue weighted by molar-refractivity contribution is -0.157. The molecule has 0 aromatic carbocycles. The van der Waals surface area contributed by atoms with Crippen LogP contribution >= 0.6 is 0 Å². The van der Waals surface area contributed by atoms with Gasteiger partial charge in [0.15, 0.2) is 0 Å². The number of ether oxygens (including phenoxy) is 2. The summed E-state index contributed by atoms with van der Waals surface area (Å²) < 4.78 is 11.0. The number of allylic oxidation sites excluding steroid dienone is 1. The fraction of sp³-hybridized carbons (Fsp3) is 0.826. The standard InChI is InChI=1S/C23H36O4/c1-15-5-6-18-11-19(15)7-8-20(12-18)23(4)10-9-22(27-17(3)25)13-21(23)14-26-16(2)24/h18-22H,1,5-14H2,2-4H3/t18-,19-,20?,21-,22+,23-/m1/s1. The smallest absolute Gasteiger partial charge is 0.302 e. The van der Waals surface area contributed by atoms with E-state index in [2.05, 4.69) is 13.5 Å². The van der Waals surface area contributed by atoms with Gasteiger partial charge in [-0.25, -0.2) is 0 Å². The van der Waals surface area contributed by atoms with Crippen LogP contribution < -0.4 is 0 Å². The molecule has 0 N–H and O–H groups in total. The first-order chi connectivity index (χ1) is 12.8. The number of carbonyl (C=O) groups excluding carboxylic acids is 2. The molecular weight excluding hydrogens is 340 g/mol. The molecule has 27 heavy (non-hydrogen) atoms. The lowest BCUT2D eigenvalue weighted by Crippen LogP contribution is -2.45. The molecule has 0 saturated heterocycles. The highest BCUT2D eigenvalue weighted by atomic mass is 16.5. The summed E-state index contributed by atoms with van der Waals surface area (Å²) in [6.07, 6.45) is 10.3. The maximum atomic E-state index is 11.5. The largest absolute Gasteiger partial charge is 0.466 e. The summed E-state index contributed by atoms with van der Waals surface area (Å²) in [5.74, 6) is 1.99. The summed E-state index contributed by atoms with van der Waals surface area (Å²) in [5, 5.41) is 0. The van der Waals surface area contributed by atoms with Crippen molar-refractivity contribution in [2.45, 2.75) is 84.7 Å². The molecule has 4 nitrogen and oxygen atoms in total. The normalized spacial score (nSPS) is 39.4. The third-order valence-electron chi connectivity index (χ3n) is 7.79. The molecule has 0 aromatic heterocycles. The van der Waals surface area contributed by atoms with Gasteiger partial charge in [-0.3, -0.25) is 9.59 Å². The molecule has 152 valence electrons. The molecule has 0 radical (unpaired) electrons. The summed E-state index contributed by atoms with van der Waals surface area (Å²) in [6.45, 7) is 10.1. The Morgan fingerprint density at radius 1 is 1.07 bits per heavy atom. The van der Waals surface area contributed by atoms with Crippen LogP contribution in [0.25, 0.3) is 0 Å². The minimum absolute atomic E-state index is 0.0408. The molecule has 0 heterocycles. The van der Waals surface area contributed by atoms with E-state index < -0.39 is 0 Å². The number of fused-ring (bicyclic) bond motifs is 2. The van der Waals surface area contributed by atoms with E-state index in [9.17, 15) is 9.59 Å². The molecule has 3 rings (SSSR count). The number of carbonyl (C=O) groups is 2. The molecule has 3 saturated carbocycles. The molecule has 6 atom stereocenters. The maximum absolute atomic E-state index is 11.5. The first-order valence-electron chi connectivity index (χ1n) is 10.8. The van der Waals surface area contributed by atoms with Crippen molar-refractivity contribution in [1.29, 1.82) is 0 Å². The Morgan fingerprint density at radius 2 is 1.85 bits per heavy atom. The first-order valence-corrected chi connectivity index (χ1v) is 10.8. The van der Waals surface area contributed by atoms with E-state index in [0.717, 1.165) is 25.2 Å². The van der Waals surface area contributed by atoms with E-state index >= 15 is 0 Å². The third-order valence-corrected chi connectivity index (χ3v) is 7.79. The minimum atomic E-state index is -0.222. The van der Waals surface area contributed by atoms with Gasteiger partial charge in [-0.1, -0.05) is 19.1 Å². The zero-order valence-corrected chi connectivity index (χ0v) is 17.3. The molecule has 0 amide bonds. The average molecular weight is 377 g/mol. The Balaban J connectivity index is 1.76. The van der Waals surface area contributed by atoms with Crippen molar-refractivity contribution in [2.24, 2.45) is 29.1 Å². The number of hydrogen-bond acceptors (Lipinski definition) is 4. The minimum Gasteiger partial charge on any atom is -0.466 e. The molecule has 3 fully saturated rings. The number of rotatable bonds is 4. The van der Waals surface area contributed by atoms with Gasteiger partial charge in [-0.15, -0.1) is 0 Å². The third kappa shape index (κ3) is 4.75. The molecule has 3 aliphatic rings. The van der Waals surface area contributed by atoms with Crippen molar-refractivity contribution in [2.75, 3.05) is 6.61 Å². The Hall–Kier alpha value is -1.32. The lowest BCUT2D eigenvalue weighted by atomic mass is 9.58. The van der Waals surface area contributed by atoms with Crippen molar-refractivity contribution in [3.63, 3.8) is 0 Å². The highest BCUT2D eigenvalue weighted by Gasteiger charge is 2.48. The van der Waals surface area contributed by atoms with Gasteiger partial charge in [-0.2, -0.15) is 0 Å². The van der Waals surface area contributed by atoms with E-state index in [4.69, 9.17) is 9.47 Å². The van der Waals surface area contributed by atoms with Crippen LogP contribution in [0.15, 0.2) is 12.2 Å². The van der Waals surface area contributed by atoms with E-state index in [1.807, 2.05) is 0 Å². The molecular formula is C23H36O4. The fourth-order valence-corrected chi connectivity index (χ4v) is 6.07. The van der Waals surface area contributed by atoms with Gasteiger partial charge in [-0.05, 0) is 81.0 Å². The van der Waals surface area contributed by atoms with E-state index in [0.29, 0.717) is 18.4 Å². The van der Waals surface area contributed by atoms with Crippen LogP contribution in [0.5, 0.6) is 0 Å². The summed E-state index contributed by atoms with van der Waals surface area (Å²) >= 11 is 0. The van der Waals surface area contributed by atoms with Crippen molar-refractivity contribution in [3.05, 3.63) is 12.2 Å². The lowest BCUT2D eigenvalue weighted by Gasteiger charge is -2.49. The van der Waals surface area contributed by atoms with Crippen LogP contribution in [0.2, 0.25) is 0 Å². The first kappa shape index (κ1) is 20.4. The number of esters is 2. The van der Waals surface area contributed by atoms with Crippen LogP contribution in [0, 0.1) is 29.1 Å². The second-order valence-electron chi connectivity index (χ2n) is 9.52. The van der Waals surface area contributed by atoms with Crippen LogP contribution in [0.4, 0.5) is 0 Å². The molecule has 4 heteroatoms. The van der Waals surface area contributed by atoms with Crippen LogP contribution in [0.1, 0.15) is 78.6 Å². The van der Waals surface area contributed by atoms with Gasteiger partial charge >= 0.3 is 11.9 Å². The molecule has 1 unspecified atom stereocenters. The number of hydrogen-bond donors (Lipinski definition) is 0. The average Bonchev–Trinajstić information content (AvgIpc) is 2.78. The zero-order chi connectivity index (χ0) is 19.6. The predicted octanol–water partition coefficient (Wildman–Crippen LogP) is 5.06. The van der Waals surface area contributed by atoms with Gasteiger partial charge in [0, 0.05) is 19.8 Å². The molecule has 0 aliphatic heterocycles. The monoisotopic (exact) mass is 376 g/mol. The molecule has 0 spiro atoms. The summed E-state index contributed by atoms with van der Waals surface area (Å²) in [6, 6.07) is 0. The Kier molecular flexibility index (Phi) is 6.32. The Labute approximate surface area is 164 Å². The van der Waals surface area contributed by atoms with E-state index in [1.54, 1.807) is 0 Å². The summed E-state index contributed by atoms with van der Waals surface area (Å²) in [7, 11) is 0. The highest BCUT2D eigenvalue weighted by Crippen LogP contribution is 2.54. The van der Waals surface area contributed by atoms with Crippen LogP contribution in [-0.2, 0) is 19.1 Å². The maximum Gasteiger partial charge on any atom is 0.302 e. The summed E-state index contributed by atoms with van der Waals surface area (Å²) in [4.78, 5) is 22.9. The van der Waals surface area contributed by atoms with Crippen molar-refractivity contribution >= 4 is 11.9 Å². The van der Waals surface area contributed by atoms with E-state index in [1.165, 1.54) is 57.9 Å². The van der Waals surface area contributed by atoms with E-state index in [-0.39, 0.29) is 29.4 Å². The zero-order valence-electron chi connectivity index (χ0n) is 17.3.